The molecule has 0 N–H and O–H groups in total. The van der Waals surface area contributed by atoms with Crippen molar-refractivity contribution in [3.05, 3.63) is 38.4 Å². The summed E-state index contributed by atoms with van der Waals surface area (Å²) < 4.78 is 12.4. The molecule has 1 saturated heterocycles. The van der Waals surface area contributed by atoms with Crippen molar-refractivity contribution in [3.8, 4) is 5.75 Å². The zero-order chi connectivity index (χ0) is 18.5. The molecule has 2 heterocycles. The lowest BCUT2D eigenvalue weighted by Gasteiger charge is -2.52. The van der Waals surface area contributed by atoms with Crippen molar-refractivity contribution in [2.45, 2.75) is 57.5 Å². The maximum Gasteiger partial charge on any atom is 0.313 e. The highest BCUT2D eigenvalue weighted by Crippen LogP contribution is 2.49. The van der Waals surface area contributed by atoms with Crippen molar-refractivity contribution in [1.29, 1.82) is 0 Å². The minimum absolute atomic E-state index is 0.0675. The van der Waals surface area contributed by atoms with E-state index in [0.717, 1.165) is 38.8 Å². The molecule has 140 valence electrons. The number of nitro benzene ring substituents is 1. The van der Waals surface area contributed by atoms with Crippen molar-refractivity contribution in [1.82, 2.24) is 4.90 Å². The monoisotopic (exact) mass is 378 g/mol. The first-order valence-electron chi connectivity index (χ1n) is 9.17. The van der Waals surface area contributed by atoms with Crippen LogP contribution in [0.3, 0.4) is 0 Å². The standard InChI is InChI=1S/C19H23ClN2O4/c1-12-10-21(11-13(2)25-12)19-6-4-3-5-15(19)7-14-8-16(20)9-17(22(23)24)18(14)26-19/h7-9,12-13H,3-6,10-11H2,1-2H3. The number of morpholine rings is 1. The molecule has 3 unspecified atom stereocenters. The maximum atomic E-state index is 11.6. The van der Waals surface area contributed by atoms with Crippen LogP contribution in [0.2, 0.25) is 5.02 Å². The van der Waals surface area contributed by atoms with Gasteiger partial charge in [-0.05, 0) is 50.8 Å². The van der Waals surface area contributed by atoms with Crippen LogP contribution in [0.1, 0.15) is 45.1 Å². The number of benzene rings is 1. The molecule has 3 aliphatic rings. The molecule has 26 heavy (non-hydrogen) atoms. The largest absolute Gasteiger partial charge is 0.461 e. The Hall–Kier alpha value is -1.63. The molecule has 1 aromatic rings. The van der Waals surface area contributed by atoms with Gasteiger partial charge in [-0.15, -0.1) is 0 Å². The molecule has 0 bridgehead atoms. The molecule has 1 aliphatic carbocycles. The third kappa shape index (κ3) is 2.90. The van der Waals surface area contributed by atoms with Gasteiger partial charge in [-0.2, -0.15) is 0 Å². The maximum absolute atomic E-state index is 11.6. The third-order valence-electron chi connectivity index (χ3n) is 5.50. The third-order valence-corrected chi connectivity index (χ3v) is 5.72. The number of fused-ring (bicyclic) bond motifs is 2. The first-order valence-corrected chi connectivity index (χ1v) is 9.55. The molecular weight excluding hydrogens is 356 g/mol. The molecular formula is C19H23ClN2O4. The second kappa shape index (κ2) is 6.51. The average Bonchev–Trinajstić information content (AvgIpc) is 2.58. The van der Waals surface area contributed by atoms with E-state index in [0.29, 0.717) is 16.3 Å². The summed E-state index contributed by atoms with van der Waals surface area (Å²) in [6.45, 7) is 5.62. The van der Waals surface area contributed by atoms with Crippen LogP contribution in [0, 0.1) is 10.1 Å². The Bertz CT molecular complexity index is 771. The summed E-state index contributed by atoms with van der Waals surface area (Å²) >= 11 is 6.11. The van der Waals surface area contributed by atoms with E-state index in [9.17, 15) is 10.1 Å². The molecule has 1 saturated carbocycles. The Morgan fingerprint density at radius 1 is 1.27 bits per heavy atom. The van der Waals surface area contributed by atoms with Crippen molar-refractivity contribution in [2.75, 3.05) is 13.1 Å². The van der Waals surface area contributed by atoms with E-state index in [1.807, 2.05) is 0 Å². The number of hydrogen-bond acceptors (Lipinski definition) is 5. The van der Waals surface area contributed by atoms with Crippen LogP contribution in [0.5, 0.6) is 5.75 Å². The van der Waals surface area contributed by atoms with Crippen LogP contribution in [-0.4, -0.2) is 40.8 Å². The Morgan fingerprint density at radius 3 is 2.69 bits per heavy atom. The van der Waals surface area contributed by atoms with Gasteiger partial charge in [0.25, 0.3) is 0 Å². The van der Waals surface area contributed by atoms with Crippen LogP contribution < -0.4 is 4.74 Å². The SMILES string of the molecule is CC1CN(C23CCCCC2=Cc2cc(Cl)cc([N+](=O)[O-])c2O3)CC(C)O1. The second-order valence-electron chi connectivity index (χ2n) is 7.53. The minimum Gasteiger partial charge on any atom is -0.461 e. The Labute approximate surface area is 157 Å². The fraction of sp³-hybridized carbons (Fsp3) is 0.579. The number of ether oxygens (including phenoxy) is 2. The molecule has 3 atom stereocenters. The summed E-state index contributed by atoms with van der Waals surface area (Å²) in [5, 5.41) is 11.9. The predicted octanol–water partition coefficient (Wildman–Crippen LogP) is 4.40. The number of nitrogens with zero attached hydrogens (tertiary/aromatic N) is 2. The van der Waals surface area contributed by atoms with E-state index >= 15 is 0 Å². The zero-order valence-corrected chi connectivity index (χ0v) is 15.8. The van der Waals surface area contributed by atoms with Gasteiger partial charge in [0.1, 0.15) is 0 Å². The Balaban J connectivity index is 1.82. The molecule has 6 nitrogen and oxygen atoms in total. The molecule has 2 fully saturated rings. The Morgan fingerprint density at radius 2 is 2.00 bits per heavy atom. The van der Waals surface area contributed by atoms with Crippen LogP contribution in [0.4, 0.5) is 5.69 Å². The molecule has 0 spiro atoms. The quantitative estimate of drug-likeness (QED) is 0.563. The highest BCUT2D eigenvalue weighted by molar-refractivity contribution is 6.31. The fourth-order valence-corrected chi connectivity index (χ4v) is 4.77. The lowest BCUT2D eigenvalue weighted by molar-refractivity contribution is -0.386. The van der Waals surface area contributed by atoms with E-state index in [2.05, 4.69) is 24.8 Å². The van der Waals surface area contributed by atoms with E-state index in [1.54, 1.807) is 6.07 Å². The number of nitro groups is 1. The van der Waals surface area contributed by atoms with Gasteiger partial charge in [0.05, 0.1) is 17.1 Å². The first-order chi connectivity index (χ1) is 12.4. The molecule has 0 amide bonds. The highest BCUT2D eigenvalue weighted by Gasteiger charge is 2.49. The van der Waals surface area contributed by atoms with Gasteiger partial charge in [-0.3, -0.25) is 15.0 Å². The van der Waals surface area contributed by atoms with Gasteiger partial charge in [-0.1, -0.05) is 11.6 Å². The number of rotatable bonds is 2. The highest BCUT2D eigenvalue weighted by atomic mass is 35.5. The smallest absolute Gasteiger partial charge is 0.313 e. The predicted molar refractivity (Wildman–Crippen MR) is 99.5 cm³/mol. The van der Waals surface area contributed by atoms with Crippen LogP contribution in [0.15, 0.2) is 17.7 Å². The van der Waals surface area contributed by atoms with Gasteiger partial charge in [-0.25, -0.2) is 0 Å². The van der Waals surface area contributed by atoms with Gasteiger partial charge in [0.15, 0.2) is 5.72 Å². The zero-order valence-electron chi connectivity index (χ0n) is 15.0. The molecule has 0 radical (unpaired) electrons. The summed E-state index contributed by atoms with van der Waals surface area (Å²) in [5.41, 5.74) is 1.21. The molecule has 7 heteroatoms. The van der Waals surface area contributed by atoms with Gasteiger partial charge in [0, 0.05) is 36.2 Å². The summed E-state index contributed by atoms with van der Waals surface area (Å²) in [4.78, 5) is 13.5. The summed E-state index contributed by atoms with van der Waals surface area (Å²) in [7, 11) is 0. The van der Waals surface area contributed by atoms with E-state index in [-0.39, 0.29) is 17.9 Å². The van der Waals surface area contributed by atoms with E-state index < -0.39 is 10.6 Å². The van der Waals surface area contributed by atoms with Crippen molar-refractivity contribution in [3.63, 3.8) is 0 Å². The van der Waals surface area contributed by atoms with Crippen molar-refractivity contribution >= 4 is 23.4 Å². The van der Waals surface area contributed by atoms with Crippen molar-refractivity contribution in [2.24, 2.45) is 0 Å². The van der Waals surface area contributed by atoms with Gasteiger partial charge in [0.2, 0.25) is 5.75 Å². The lowest BCUT2D eigenvalue weighted by atomic mass is 9.81. The summed E-state index contributed by atoms with van der Waals surface area (Å²) in [6, 6.07) is 3.13. The fourth-order valence-electron chi connectivity index (χ4n) is 4.55. The average molecular weight is 379 g/mol. The molecule has 0 aromatic heterocycles. The molecule has 2 aliphatic heterocycles. The van der Waals surface area contributed by atoms with Crippen molar-refractivity contribution < 1.29 is 14.4 Å². The van der Waals surface area contributed by atoms with Gasteiger partial charge >= 0.3 is 5.69 Å². The topological polar surface area (TPSA) is 64.8 Å². The van der Waals surface area contributed by atoms with Crippen LogP contribution in [-0.2, 0) is 4.74 Å². The Kier molecular flexibility index (Phi) is 4.45. The van der Waals surface area contributed by atoms with E-state index in [4.69, 9.17) is 21.1 Å². The second-order valence-corrected chi connectivity index (χ2v) is 7.96. The molecule has 4 rings (SSSR count). The summed E-state index contributed by atoms with van der Waals surface area (Å²) in [6.07, 6.45) is 6.15. The normalized spacial score (nSPS) is 31.4. The van der Waals surface area contributed by atoms with E-state index in [1.165, 1.54) is 11.6 Å². The lowest BCUT2D eigenvalue weighted by Crippen LogP contribution is -2.62. The molecule has 1 aromatic carbocycles. The van der Waals surface area contributed by atoms with Crippen LogP contribution in [0.25, 0.3) is 6.08 Å². The first kappa shape index (κ1) is 17.8. The minimum atomic E-state index is -0.615. The van der Waals surface area contributed by atoms with Crippen LogP contribution >= 0.6 is 11.6 Å². The summed E-state index contributed by atoms with van der Waals surface area (Å²) in [5.74, 6) is 0.330. The number of halogens is 1. The van der Waals surface area contributed by atoms with Gasteiger partial charge < -0.3 is 9.47 Å². The number of hydrogen-bond donors (Lipinski definition) is 0.